The number of anilines is 1. The molecule has 0 saturated carbocycles. The van der Waals surface area contributed by atoms with E-state index in [9.17, 15) is 58.3 Å². The number of rotatable bonds is 15. The van der Waals surface area contributed by atoms with E-state index in [-0.39, 0.29) is 83.9 Å². The topological polar surface area (TPSA) is 297 Å². The molecule has 2 saturated heterocycles. The molecule has 2 aromatic carbocycles. The van der Waals surface area contributed by atoms with Crippen molar-refractivity contribution in [3.8, 4) is 28.2 Å². The molecule has 62 heavy (non-hydrogen) atoms. The highest BCUT2D eigenvalue weighted by Gasteiger charge is 2.39. The SMILES string of the molecule is C.Cc1cn([C@H]2C[C@@H](O)[C@@H](COP(=O)([O-])OCCSC3CC(=O)N(CCC(=O)Nc4ccc(-c5c6ccc(=O)cc-6oc6cc(O)ccc56)c(C(=O)O)c4)C3=O)O2)c(=O)[nH]c1=O. The van der Waals surface area contributed by atoms with Gasteiger partial charge in [0, 0.05) is 77.7 Å². The van der Waals surface area contributed by atoms with Crippen LogP contribution in [0.2, 0.25) is 0 Å². The molecule has 4 aliphatic rings. The molecule has 3 aliphatic heterocycles. The number of aromatic amines is 1. The van der Waals surface area contributed by atoms with Crippen LogP contribution in [0.15, 0.2) is 79.6 Å². The Morgan fingerprint density at radius 2 is 1.81 bits per heavy atom. The van der Waals surface area contributed by atoms with E-state index in [1.165, 1.54) is 61.7 Å². The molecule has 5 N–H and O–H groups in total. The van der Waals surface area contributed by atoms with Crippen LogP contribution in [0.5, 0.6) is 5.75 Å². The lowest BCUT2D eigenvalue weighted by atomic mass is 9.90. The fourth-order valence-electron chi connectivity index (χ4n) is 7.00. The minimum atomic E-state index is -4.92. The number of hydrogen-bond donors (Lipinski definition) is 5. The van der Waals surface area contributed by atoms with Crippen LogP contribution in [-0.4, -0.2) is 96.4 Å². The molecule has 328 valence electrons. The van der Waals surface area contributed by atoms with E-state index in [0.717, 1.165) is 21.2 Å². The number of phosphoric acid groups is 1. The fraction of sp³-hybridized carbons (Fsp3) is 0.325. The smallest absolute Gasteiger partial charge is 0.336 e. The van der Waals surface area contributed by atoms with Gasteiger partial charge in [-0.05, 0) is 48.9 Å². The minimum absolute atomic E-state index is 0. The zero-order valence-corrected chi connectivity index (χ0v) is 33.6. The largest absolute Gasteiger partial charge is 0.756 e. The van der Waals surface area contributed by atoms with E-state index in [4.69, 9.17) is 18.2 Å². The Morgan fingerprint density at radius 1 is 1.05 bits per heavy atom. The average molecular weight is 896 g/mol. The number of phenols is 1. The van der Waals surface area contributed by atoms with Gasteiger partial charge in [-0.1, -0.05) is 13.5 Å². The Morgan fingerprint density at radius 3 is 2.56 bits per heavy atom. The van der Waals surface area contributed by atoms with Crippen LogP contribution in [-0.2, 0) is 32.7 Å². The summed E-state index contributed by atoms with van der Waals surface area (Å²) >= 11 is 0.964. The second-order valence-electron chi connectivity index (χ2n) is 14.1. The van der Waals surface area contributed by atoms with Gasteiger partial charge in [-0.25, -0.2) is 9.59 Å². The lowest BCUT2D eigenvalue weighted by Gasteiger charge is -2.25. The number of carboxylic acid groups (broad SMARTS) is 1. The van der Waals surface area contributed by atoms with Gasteiger partial charge in [0.1, 0.15) is 29.4 Å². The van der Waals surface area contributed by atoms with Crippen LogP contribution >= 0.6 is 19.6 Å². The predicted molar refractivity (Wildman–Crippen MR) is 221 cm³/mol. The van der Waals surface area contributed by atoms with Gasteiger partial charge in [0.15, 0.2) is 5.43 Å². The summed E-state index contributed by atoms with van der Waals surface area (Å²) in [5.41, 5.74) is -0.276. The van der Waals surface area contributed by atoms with E-state index in [2.05, 4.69) is 10.3 Å². The van der Waals surface area contributed by atoms with Crippen molar-refractivity contribution in [3.05, 3.63) is 103 Å². The number of ether oxygens (including phenoxy) is 1. The van der Waals surface area contributed by atoms with Crippen LogP contribution < -0.4 is 26.9 Å². The zero-order chi connectivity index (χ0) is 43.7. The van der Waals surface area contributed by atoms with Crippen LogP contribution in [0.4, 0.5) is 5.69 Å². The molecule has 20 nitrogen and oxygen atoms in total. The molecule has 2 fully saturated rings. The molecule has 22 heteroatoms. The maximum atomic E-state index is 13.0. The standard InChI is InChI=1S/C39H37N4O16PS.CH4/c1-19-17-43(39(53)41-36(19)49)34-15-27(46)30(59-34)18-57-60(54,55)56-10-11-61-31-16-33(48)42(37(31)50)9-8-32(47)40-20-2-5-23(26(12-20)38(51)52)35-24-6-3-21(44)13-28(24)58-29-14-22(45)4-7-25(29)35;/h2-7,12-14,17,27,30-31,34,44,46H,8-11,15-16,18H2,1H3,(H,40,47)(H,51,52)(H,54,55)(H,41,49,53);1H4/p-1/t27-,30-,31?,34-;/m1./s1. The molecular weight excluding hydrogens is 855 g/mol. The van der Waals surface area contributed by atoms with E-state index in [1.807, 2.05) is 0 Å². The Bertz CT molecular complexity index is 2770. The van der Waals surface area contributed by atoms with E-state index >= 15 is 0 Å². The summed E-state index contributed by atoms with van der Waals surface area (Å²) in [6.07, 6.45) is -2.69. The number of phosphoric ester groups is 1. The maximum absolute atomic E-state index is 13.0. The predicted octanol–water partition coefficient (Wildman–Crippen LogP) is 2.80. The van der Waals surface area contributed by atoms with Gasteiger partial charge in [-0.15, -0.1) is 11.8 Å². The lowest BCUT2D eigenvalue weighted by Crippen LogP contribution is -2.34. The van der Waals surface area contributed by atoms with E-state index in [0.29, 0.717) is 16.5 Å². The van der Waals surface area contributed by atoms with Crippen molar-refractivity contribution in [1.29, 1.82) is 0 Å². The van der Waals surface area contributed by atoms with Crippen molar-refractivity contribution in [2.45, 2.75) is 57.3 Å². The van der Waals surface area contributed by atoms with Crippen LogP contribution in [0.1, 0.15) is 48.8 Å². The van der Waals surface area contributed by atoms with Gasteiger partial charge in [0.25, 0.3) is 13.4 Å². The first kappa shape index (κ1) is 45.6. The number of likely N-dealkylation sites (tertiary alicyclic amines) is 1. The summed E-state index contributed by atoms with van der Waals surface area (Å²) in [5.74, 6) is -3.08. The number of benzene rings is 3. The lowest BCUT2D eigenvalue weighted by molar-refractivity contribution is -0.228. The first-order chi connectivity index (χ1) is 29.0. The van der Waals surface area contributed by atoms with Crippen molar-refractivity contribution in [2.75, 3.05) is 30.8 Å². The normalized spacial score (nSPS) is 19.8. The molecule has 3 amide bonds. The number of aromatic nitrogens is 2. The summed E-state index contributed by atoms with van der Waals surface area (Å²) in [4.78, 5) is 103. The maximum Gasteiger partial charge on any atom is 0.336 e. The quantitative estimate of drug-likeness (QED) is 0.0437. The molecule has 1 aromatic heterocycles. The van der Waals surface area contributed by atoms with Gasteiger partial charge in [0.2, 0.25) is 17.7 Å². The summed E-state index contributed by atoms with van der Waals surface area (Å²) in [6, 6.07) is 12.6. The molecule has 0 radical (unpaired) electrons. The van der Waals surface area contributed by atoms with Gasteiger partial charge in [-0.3, -0.25) is 43.0 Å². The number of hydrogen-bond acceptors (Lipinski definition) is 16. The number of aromatic hydroxyl groups is 1. The van der Waals surface area contributed by atoms with Gasteiger partial charge in [-0.2, -0.15) is 0 Å². The number of amides is 3. The number of fused-ring (bicyclic) bond motifs is 2. The minimum Gasteiger partial charge on any atom is -0.756 e. The number of carbonyl (C=O) groups is 4. The molecule has 1 aliphatic carbocycles. The van der Waals surface area contributed by atoms with Crippen molar-refractivity contribution in [2.24, 2.45) is 0 Å². The molecule has 4 heterocycles. The third kappa shape index (κ3) is 9.89. The number of carboxylic acids is 1. The number of aliphatic hydroxyl groups is 1. The number of H-pyrrole nitrogens is 1. The van der Waals surface area contributed by atoms with E-state index in [1.54, 1.807) is 6.07 Å². The average Bonchev–Trinajstić information content (AvgIpc) is 3.71. The third-order valence-electron chi connectivity index (χ3n) is 9.95. The zero-order valence-electron chi connectivity index (χ0n) is 31.9. The number of nitrogens with zero attached hydrogens (tertiary/aromatic N) is 2. The van der Waals surface area contributed by atoms with Crippen LogP contribution in [0.3, 0.4) is 0 Å². The van der Waals surface area contributed by atoms with Crippen molar-refractivity contribution in [1.82, 2.24) is 14.5 Å². The van der Waals surface area contributed by atoms with Gasteiger partial charge < -0.3 is 43.7 Å². The number of aromatic carboxylic acids is 1. The molecule has 3 aromatic rings. The summed E-state index contributed by atoms with van der Waals surface area (Å²) in [5, 5.41) is 32.8. The first-order valence-electron chi connectivity index (χ1n) is 18.6. The number of aryl methyl sites for hydroxylation is 1. The second-order valence-corrected chi connectivity index (χ2v) is 16.8. The number of phenolic OH excluding ortho intramolecular Hbond substituents is 1. The fourth-order valence-corrected chi connectivity index (χ4v) is 8.84. The van der Waals surface area contributed by atoms with Crippen molar-refractivity contribution in [3.63, 3.8) is 0 Å². The second kappa shape index (κ2) is 18.6. The van der Waals surface area contributed by atoms with Crippen LogP contribution in [0, 0.1) is 6.92 Å². The Hall–Kier alpha value is -5.93. The molecule has 0 spiro atoms. The van der Waals surface area contributed by atoms with E-state index < -0.39 is 79.7 Å². The highest BCUT2D eigenvalue weighted by atomic mass is 32.2. The number of imide groups is 1. The Labute approximate surface area is 355 Å². The molecule has 5 atom stereocenters. The molecule has 0 bridgehead atoms. The molecule has 7 rings (SSSR count). The number of carbonyl (C=O) groups excluding carboxylic acids is 3. The molecule has 2 unspecified atom stereocenters. The number of nitrogens with one attached hydrogen (secondary N) is 2. The molecular formula is C40H40N4O16PS-. The third-order valence-corrected chi connectivity index (χ3v) is 12.1. The summed E-state index contributed by atoms with van der Waals surface area (Å²) in [7, 11) is -4.92. The number of thioether (sulfide) groups is 1. The van der Waals surface area contributed by atoms with Crippen LogP contribution in [0.25, 0.3) is 33.4 Å². The number of aliphatic hydroxyl groups excluding tert-OH is 1. The van der Waals surface area contributed by atoms with Gasteiger partial charge in [0.05, 0.1) is 30.1 Å². The first-order valence-corrected chi connectivity index (χ1v) is 21.1. The highest BCUT2D eigenvalue weighted by molar-refractivity contribution is 8.00. The summed E-state index contributed by atoms with van der Waals surface area (Å²) < 4.78 is 34.7. The Balaban J connectivity index is 0.00000641. The monoisotopic (exact) mass is 895 g/mol. The Kier molecular flexibility index (Phi) is 13.7. The highest BCUT2D eigenvalue weighted by Crippen LogP contribution is 2.43. The summed E-state index contributed by atoms with van der Waals surface area (Å²) in [6.45, 7) is 0.131. The van der Waals surface area contributed by atoms with Crippen molar-refractivity contribution < 1.29 is 62.2 Å². The van der Waals surface area contributed by atoms with Gasteiger partial charge >= 0.3 is 11.7 Å². The van der Waals surface area contributed by atoms with Crippen molar-refractivity contribution >= 4 is 59.9 Å².